The lowest BCUT2D eigenvalue weighted by molar-refractivity contribution is 0.964. The van der Waals surface area contributed by atoms with Crippen molar-refractivity contribution < 1.29 is 0 Å². The molecule has 0 atom stereocenters. The molecule has 18 heavy (non-hydrogen) atoms. The maximum absolute atomic E-state index is 4.17. The van der Waals surface area contributed by atoms with Crippen molar-refractivity contribution in [1.29, 1.82) is 0 Å². The Kier molecular flexibility index (Phi) is 4.89. The average Bonchev–Trinajstić information content (AvgIpc) is 2.90. The number of hydrogen-bond donors (Lipinski definition) is 4. The van der Waals surface area contributed by atoms with E-state index in [1.165, 1.54) is 5.69 Å². The van der Waals surface area contributed by atoms with Gasteiger partial charge in [-0.15, -0.1) is 0 Å². The molecule has 0 aliphatic carbocycles. The first-order chi connectivity index (χ1) is 8.88. The van der Waals surface area contributed by atoms with Crippen molar-refractivity contribution in [2.45, 2.75) is 6.42 Å². The standard InChI is InChI=1S/C12H17N5S/c18-7-6-15-12-8-11(16-9-17-12)14-5-3-10-2-1-4-13-10/h1-2,4,8-9,13,18H,3,5-7H2,(H2,14,15,16,17). The molecule has 0 amide bonds. The van der Waals surface area contributed by atoms with Crippen LogP contribution < -0.4 is 10.6 Å². The van der Waals surface area contributed by atoms with Gasteiger partial charge in [-0.25, -0.2) is 9.97 Å². The van der Waals surface area contributed by atoms with E-state index in [2.05, 4.69) is 44.3 Å². The van der Waals surface area contributed by atoms with E-state index < -0.39 is 0 Å². The minimum absolute atomic E-state index is 0.777. The Morgan fingerprint density at radius 1 is 1.17 bits per heavy atom. The molecular formula is C12H17N5S. The number of aromatic amines is 1. The Morgan fingerprint density at radius 2 is 1.94 bits per heavy atom. The molecule has 0 radical (unpaired) electrons. The van der Waals surface area contributed by atoms with Crippen LogP contribution in [0.25, 0.3) is 0 Å². The quantitative estimate of drug-likeness (QED) is 0.575. The number of nitrogens with zero attached hydrogens (tertiary/aromatic N) is 2. The van der Waals surface area contributed by atoms with Gasteiger partial charge in [-0.1, -0.05) is 0 Å². The number of H-pyrrole nitrogens is 1. The Hall–Kier alpha value is -1.69. The number of hydrogen-bond acceptors (Lipinski definition) is 5. The number of anilines is 2. The molecule has 2 heterocycles. The average molecular weight is 263 g/mol. The van der Waals surface area contributed by atoms with Gasteiger partial charge < -0.3 is 15.6 Å². The topological polar surface area (TPSA) is 65.6 Å². The van der Waals surface area contributed by atoms with E-state index in [0.29, 0.717) is 0 Å². The fraction of sp³-hybridized carbons (Fsp3) is 0.333. The summed E-state index contributed by atoms with van der Waals surface area (Å²) < 4.78 is 0. The van der Waals surface area contributed by atoms with Gasteiger partial charge in [-0.05, 0) is 12.1 Å². The van der Waals surface area contributed by atoms with Gasteiger partial charge in [0.1, 0.15) is 18.0 Å². The monoisotopic (exact) mass is 263 g/mol. The SMILES string of the molecule is SCCNc1cc(NCCc2ccc[nH]2)ncn1. The Bertz CT molecular complexity index is 457. The van der Waals surface area contributed by atoms with Gasteiger partial charge in [0.25, 0.3) is 0 Å². The number of nitrogens with one attached hydrogen (secondary N) is 3. The molecule has 3 N–H and O–H groups in total. The summed E-state index contributed by atoms with van der Waals surface area (Å²) in [7, 11) is 0. The summed E-state index contributed by atoms with van der Waals surface area (Å²) in [5.74, 6) is 2.43. The van der Waals surface area contributed by atoms with Crippen LogP contribution in [0.1, 0.15) is 5.69 Å². The third-order valence-corrected chi connectivity index (χ3v) is 2.67. The molecular weight excluding hydrogens is 246 g/mol. The first-order valence-corrected chi connectivity index (χ1v) is 6.54. The summed E-state index contributed by atoms with van der Waals surface area (Å²) in [6.07, 6.45) is 4.42. The first kappa shape index (κ1) is 12.8. The Morgan fingerprint density at radius 3 is 2.61 bits per heavy atom. The molecule has 0 saturated carbocycles. The van der Waals surface area contributed by atoms with Crippen LogP contribution in [0, 0.1) is 0 Å². The van der Waals surface area contributed by atoms with E-state index in [-0.39, 0.29) is 0 Å². The molecule has 6 heteroatoms. The lowest BCUT2D eigenvalue weighted by Gasteiger charge is -2.07. The normalized spacial score (nSPS) is 10.3. The highest BCUT2D eigenvalue weighted by molar-refractivity contribution is 7.80. The van der Waals surface area contributed by atoms with Crippen LogP contribution in [0.2, 0.25) is 0 Å². The maximum atomic E-state index is 4.17. The van der Waals surface area contributed by atoms with E-state index in [9.17, 15) is 0 Å². The highest BCUT2D eigenvalue weighted by Gasteiger charge is 1.98. The fourth-order valence-corrected chi connectivity index (χ4v) is 1.69. The summed E-state index contributed by atoms with van der Waals surface area (Å²) in [6, 6.07) is 5.97. The molecule has 0 spiro atoms. The van der Waals surface area contributed by atoms with Crippen molar-refractivity contribution in [3.8, 4) is 0 Å². The Labute approximate surface area is 112 Å². The van der Waals surface area contributed by atoms with Gasteiger partial charge in [-0.3, -0.25) is 0 Å². The highest BCUT2D eigenvalue weighted by atomic mass is 32.1. The van der Waals surface area contributed by atoms with Crippen LogP contribution in [0.15, 0.2) is 30.7 Å². The number of aromatic nitrogens is 3. The van der Waals surface area contributed by atoms with Gasteiger partial charge in [0.15, 0.2) is 0 Å². The third-order valence-electron chi connectivity index (χ3n) is 2.45. The van der Waals surface area contributed by atoms with Crippen LogP contribution in [0.3, 0.4) is 0 Å². The van der Waals surface area contributed by atoms with Crippen molar-refractivity contribution in [1.82, 2.24) is 15.0 Å². The molecule has 0 unspecified atom stereocenters. The van der Waals surface area contributed by atoms with Crippen LogP contribution in [-0.4, -0.2) is 33.8 Å². The molecule has 0 saturated heterocycles. The van der Waals surface area contributed by atoms with E-state index in [4.69, 9.17) is 0 Å². The van der Waals surface area contributed by atoms with Crippen molar-refractivity contribution >= 4 is 24.3 Å². The van der Waals surface area contributed by atoms with Crippen LogP contribution >= 0.6 is 12.6 Å². The summed E-state index contributed by atoms with van der Waals surface area (Å²) in [6.45, 7) is 1.63. The van der Waals surface area contributed by atoms with Gasteiger partial charge in [0, 0.05) is 43.2 Å². The molecule has 0 fully saturated rings. The van der Waals surface area contributed by atoms with Crippen molar-refractivity contribution in [3.63, 3.8) is 0 Å². The summed E-state index contributed by atoms with van der Waals surface area (Å²) >= 11 is 4.14. The van der Waals surface area contributed by atoms with Gasteiger partial charge in [0.05, 0.1) is 0 Å². The second kappa shape index (κ2) is 6.90. The zero-order chi connectivity index (χ0) is 12.6. The van der Waals surface area contributed by atoms with Crippen molar-refractivity contribution in [2.75, 3.05) is 29.5 Å². The fourth-order valence-electron chi connectivity index (χ4n) is 1.58. The first-order valence-electron chi connectivity index (χ1n) is 5.91. The van der Waals surface area contributed by atoms with Gasteiger partial charge in [0.2, 0.25) is 0 Å². The minimum atomic E-state index is 0.777. The lowest BCUT2D eigenvalue weighted by atomic mass is 10.3. The maximum Gasteiger partial charge on any atom is 0.131 e. The third kappa shape index (κ3) is 3.96. The minimum Gasteiger partial charge on any atom is -0.370 e. The summed E-state index contributed by atoms with van der Waals surface area (Å²) in [4.78, 5) is 11.5. The van der Waals surface area contributed by atoms with Gasteiger partial charge >= 0.3 is 0 Å². The Balaban J connectivity index is 1.81. The van der Waals surface area contributed by atoms with Crippen molar-refractivity contribution in [2.24, 2.45) is 0 Å². The molecule has 0 bridgehead atoms. The lowest BCUT2D eigenvalue weighted by Crippen LogP contribution is -2.09. The van der Waals surface area contributed by atoms with E-state index >= 15 is 0 Å². The molecule has 5 nitrogen and oxygen atoms in total. The molecule has 0 aliphatic heterocycles. The van der Waals surface area contributed by atoms with Crippen molar-refractivity contribution in [3.05, 3.63) is 36.4 Å². The number of rotatable bonds is 7. The van der Waals surface area contributed by atoms with E-state index in [1.807, 2.05) is 18.3 Å². The highest BCUT2D eigenvalue weighted by Crippen LogP contribution is 2.08. The molecule has 2 aromatic rings. The summed E-state index contributed by atoms with van der Waals surface area (Å²) in [5, 5.41) is 6.43. The summed E-state index contributed by atoms with van der Waals surface area (Å²) in [5.41, 5.74) is 1.21. The van der Waals surface area contributed by atoms with Crippen LogP contribution in [0.5, 0.6) is 0 Å². The van der Waals surface area contributed by atoms with Gasteiger partial charge in [-0.2, -0.15) is 12.6 Å². The van der Waals surface area contributed by atoms with E-state index in [0.717, 1.165) is 36.9 Å². The predicted molar refractivity (Wildman–Crippen MR) is 77.4 cm³/mol. The zero-order valence-corrected chi connectivity index (χ0v) is 11.0. The van der Waals surface area contributed by atoms with E-state index in [1.54, 1.807) is 6.33 Å². The van der Waals surface area contributed by atoms with Crippen LogP contribution in [0.4, 0.5) is 11.6 Å². The second-order valence-electron chi connectivity index (χ2n) is 3.81. The van der Waals surface area contributed by atoms with Crippen LogP contribution in [-0.2, 0) is 6.42 Å². The largest absolute Gasteiger partial charge is 0.370 e. The molecule has 0 aromatic carbocycles. The predicted octanol–water partition coefficient (Wildman–Crippen LogP) is 1.80. The number of thiol groups is 1. The molecule has 2 rings (SSSR count). The zero-order valence-electron chi connectivity index (χ0n) is 10.1. The second-order valence-corrected chi connectivity index (χ2v) is 4.26. The molecule has 0 aliphatic rings. The molecule has 96 valence electrons. The smallest absolute Gasteiger partial charge is 0.131 e. The molecule has 2 aromatic heterocycles.